The minimum absolute atomic E-state index is 0. The van der Waals surface area contributed by atoms with E-state index >= 15 is 0 Å². The van der Waals surface area contributed by atoms with Crippen molar-refractivity contribution < 1.29 is 4.39 Å². The first-order chi connectivity index (χ1) is 12.4. The van der Waals surface area contributed by atoms with Crippen molar-refractivity contribution in [3.8, 4) is 11.3 Å². The summed E-state index contributed by atoms with van der Waals surface area (Å²) in [6.45, 7) is 9.22. The van der Waals surface area contributed by atoms with Gasteiger partial charge in [-0.2, -0.15) is 5.10 Å². The molecule has 6 heteroatoms. The average molecular weight is 394 g/mol. The van der Waals surface area contributed by atoms with Gasteiger partial charge in [0.1, 0.15) is 5.82 Å². The zero-order valence-electron chi connectivity index (χ0n) is 16.4. The summed E-state index contributed by atoms with van der Waals surface area (Å²) in [7, 11) is 0. The molecule has 1 aliphatic rings. The monoisotopic (exact) mass is 393 g/mol. The highest BCUT2D eigenvalue weighted by Gasteiger charge is 2.16. The molecule has 2 heterocycles. The normalized spacial score (nSPS) is 15.0. The van der Waals surface area contributed by atoms with Crippen molar-refractivity contribution in [3.05, 3.63) is 51.6 Å². The van der Waals surface area contributed by atoms with Crippen LogP contribution in [0.15, 0.2) is 29.1 Å². The highest BCUT2D eigenvalue weighted by atomic mass is 35.5. The van der Waals surface area contributed by atoms with Crippen LogP contribution in [0.5, 0.6) is 0 Å². The number of likely N-dealkylation sites (tertiary alicyclic amines) is 1. The Morgan fingerprint density at radius 3 is 2.48 bits per heavy atom. The lowest BCUT2D eigenvalue weighted by Gasteiger charge is -2.26. The van der Waals surface area contributed by atoms with E-state index in [1.165, 1.54) is 25.3 Å². The number of hydrogen-bond acceptors (Lipinski definition) is 3. The van der Waals surface area contributed by atoms with Gasteiger partial charge in [-0.1, -0.05) is 20.3 Å². The van der Waals surface area contributed by atoms with Gasteiger partial charge in [0.05, 0.1) is 5.69 Å². The molecule has 0 radical (unpaired) electrons. The Morgan fingerprint density at radius 1 is 1.15 bits per heavy atom. The van der Waals surface area contributed by atoms with Crippen LogP contribution < -0.4 is 5.56 Å². The topological polar surface area (TPSA) is 38.1 Å². The first-order valence-electron chi connectivity index (χ1n) is 9.54. The summed E-state index contributed by atoms with van der Waals surface area (Å²) in [6.07, 6.45) is 3.65. The van der Waals surface area contributed by atoms with Crippen molar-refractivity contribution >= 4 is 12.4 Å². The van der Waals surface area contributed by atoms with E-state index in [4.69, 9.17) is 0 Å². The maximum atomic E-state index is 13.6. The third-order valence-corrected chi connectivity index (χ3v) is 4.88. The fourth-order valence-corrected chi connectivity index (χ4v) is 3.48. The SMILES string of the molecule is Cc1cc(-c2cc(CN3CCCCC3)c(=O)n(CC(C)C)n2)ccc1F.Cl. The summed E-state index contributed by atoms with van der Waals surface area (Å²) >= 11 is 0. The fraction of sp³-hybridized carbons (Fsp3) is 0.524. The van der Waals surface area contributed by atoms with E-state index in [0.717, 1.165) is 29.9 Å². The van der Waals surface area contributed by atoms with Crippen LogP contribution in [0, 0.1) is 18.7 Å². The lowest BCUT2D eigenvalue weighted by Crippen LogP contribution is -2.35. The predicted molar refractivity (Wildman–Crippen MR) is 110 cm³/mol. The molecule has 27 heavy (non-hydrogen) atoms. The standard InChI is InChI=1S/C21H28FN3O.ClH/c1-15(2)13-25-21(26)18(14-24-9-5-4-6-10-24)12-20(23-25)17-7-8-19(22)16(3)11-17;/h7-8,11-12,15H,4-6,9-10,13-14H2,1-3H3;1H. The molecule has 148 valence electrons. The lowest BCUT2D eigenvalue weighted by molar-refractivity contribution is 0.219. The van der Waals surface area contributed by atoms with E-state index < -0.39 is 0 Å². The second-order valence-corrected chi connectivity index (χ2v) is 7.74. The van der Waals surface area contributed by atoms with Gasteiger partial charge in [-0.15, -0.1) is 12.4 Å². The summed E-state index contributed by atoms with van der Waals surface area (Å²) < 4.78 is 15.2. The third-order valence-electron chi connectivity index (χ3n) is 4.88. The van der Waals surface area contributed by atoms with Gasteiger partial charge in [0, 0.05) is 24.2 Å². The number of aryl methyl sites for hydroxylation is 1. The number of aromatic nitrogens is 2. The van der Waals surface area contributed by atoms with Crippen LogP contribution in [0.3, 0.4) is 0 Å². The molecule has 1 fully saturated rings. The quantitative estimate of drug-likeness (QED) is 0.754. The molecule has 2 aromatic rings. The highest BCUT2D eigenvalue weighted by Crippen LogP contribution is 2.21. The Morgan fingerprint density at radius 2 is 1.85 bits per heavy atom. The third kappa shape index (κ3) is 5.39. The Labute approximate surface area is 166 Å². The molecular weight excluding hydrogens is 365 g/mol. The van der Waals surface area contributed by atoms with Gasteiger partial charge in [0.2, 0.25) is 0 Å². The minimum atomic E-state index is -0.224. The molecule has 0 spiro atoms. The molecule has 3 rings (SSSR count). The second kappa shape index (κ2) is 9.47. The summed E-state index contributed by atoms with van der Waals surface area (Å²) in [5.74, 6) is 0.103. The summed E-state index contributed by atoms with van der Waals surface area (Å²) in [5, 5.41) is 4.57. The van der Waals surface area contributed by atoms with Crippen LogP contribution >= 0.6 is 12.4 Å². The van der Waals surface area contributed by atoms with Gasteiger partial charge >= 0.3 is 0 Å². The summed E-state index contributed by atoms with van der Waals surface area (Å²) in [4.78, 5) is 15.2. The first kappa shape index (κ1) is 21.6. The Hall–Kier alpha value is -1.72. The molecule has 1 saturated heterocycles. The Bertz CT molecular complexity index is 829. The molecule has 0 bridgehead atoms. The fourth-order valence-electron chi connectivity index (χ4n) is 3.48. The summed E-state index contributed by atoms with van der Waals surface area (Å²) in [5.41, 5.74) is 2.94. The van der Waals surface area contributed by atoms with Crippen LogP contribution in [-0.4, -0.2) is 27.8 Å². The van der Waals surface area contributed by atoms with E-state index in [9.17, 15) is 9.18 Å². The smallest absolute Gasteiger partial charge is 0.271 e. The number of rotatable bonds is 5. The van der Waals surface area contributed by atoms with Gasteiger partial charge in [0.15, 0.2) is 0 Å². The van der Waals surface area contributed by atoms with Crippen LogP contribution in [0.25, 0.3) is 11.3 Å². The van der Waals surface area contributed by atoms with E-state index in [0.29, 0.717) is 24.6 Å². The number of benzene rings is 1. The molecule has 4 nitrogen and oxygen atoms in total. The van der Waals surface area contributed by atoms with Crippen molar-refractivity contribution in [2.45, 2.75) is 53.1 Å². The molecule has 0 N–H and O–H groups in total. The van der Waals surface area contributed by atoms with Crippen LogP contribution in [0.2, 0.25) is 0 Å². The first-order valence-corrected chi connectivity index (χ1v) is 9.54. The maximum Gasteiger partial charge on any atom is 0.271 e. The highest BCUT2D eigenvalue weighted by molar-refractivity contribution is 5.85. The molecule has 1 aliphatic heterocycles. The molecule has 0 unspecified atom stereocenters. The number of halogens is 2. The van der Waals surface area contributed by atoms with Gasteiger partial charge in [-0.25, -0.2) is 9.07 Å². The van der Waals surface area contributed by atoms with Crippen molar-refractivity contribution in [2.75, 3.05) is 13.1 Å². The van der Waals surface area contributed by atoms with E-state index in [1.54, 1.807) is 23.7 Å². The zero-order chi connectivity index (χ0) is 18.7. The molecule has 1 aromatic heterocycles. The van der Waals surface area contributed by atoms with E-state index in [-0.39, 0.29) is 23.8 Å². The molecular formula is C21H29ClFN3O. The average Bonchev–Trinajstić information content (AvgIpc) is 2.61. The van der Waals surface area contributed by atoms with Gasteiger partial charge < -0.3 is 0 Å². The van der Waals surface area contributed by atoms with E-state index in [2.05, 4.69) is 23.8 Å². The van der Waals surface area contributed by atoms with E-state index in [1.807, 2.05) is 6.07 Å². The largest absolute Gasteiger partial charge is 0.299 e. The van der Waals surface area contributed by atoms with Crippen LogP contribution in [-0.2, 0) is 13.1 Å². The molecule has 0 amide bonds. The molecule has 0 aliphatic carbocycles. The van der Waals surface area contributed by atoms with Crippen molar-refractivity contribution in [3.63, 3.8) is 0 Å². The molecule has 0 saturated carbocycles. The van der Waals surface area contributed by atoms with Crippen LogP contribution in [0.1, 0.15) is 44.2 Å². The minimum Gasteiger partial charge on any atom is -0.299 e. The molecule has 0 atom stereocenters. The van der Waals surface area contributed by atoms with Gasteiger partial charge in [-0.05, 0) is 68.6 Å². The maximum absolute atomic E-state index is 13.6. The van der Waals surface area contributed by atoms with Gasteiger partial charge in [-0.3, -0.25) is 9.69 Å². The predicted octanol–water partition coefficient (Wildman–Crippen LogP) is 4.42. The van der Waals surface area contributed by atoms with Gasteiger partial charge in [0.25, 0.3) is 5.56 Å². The Balaban J connectivity index is 0.00000261. The second-order valence-electron chi connectivity index (χ2n) is 7.74. The zero-order valence-corrected chi connectivity index (χ0v) is 17.2. The van der Waals surface area contributed by atoms with Crippen molar-refractivity contribution in [1.29, 1.82) is 0 Å². The van der Waals surface area contributed by atoms with Crippen molar-refractivity contribution in [2.24, 2.45) is 5.92 Å². The lowest BCUT2D eigenvalue weighted by atomic mass is 10.1. The number of nitrogens with zero attached hydrogens (tertiary/aromatic N) is 3. The Kier molecular flexibility index (Phi) is 7.57. The number of piperidine rings is 1. The van der Waals surface area contributed by atoms with Crippen molar-refractivity contribution in [1.82, 2.24) is 14.7 Å². The number of hydrogen-bond donors (Lipinski definition) is 0. The summed E-state index contributed by atoms with van der Waals surface area (Å²) in [6, 6.07) is 6.89. The van der Waals surface area contributed by atoms with Crippen LogP contribution in [0.4, 0.5) is 4.39 Å². The molecule has 1 aromatic carbocycles.